The standard InChI is InChI=1S/C12H11N3O3/c16-12(17)10-5-8-3-1-2-4-9(8)15(10)6-11-13-7-14-18-11/h1-4,7,10H,5-6H2,(H,16,17). The molecule has 18 heavy (non-hydrogen) atoms. The lowest BCUT2D eigenvalue weighted by molar-refractivity contribution is -0.138. The van der Waals surface area contributed by atoms with E-state index in [2.05, 4.69) is 10.1 Å². The highest BCUT2D eigenvalue weighted by molar-refractivity contribution is 5.82. The van der Waals surface area contributed by atoms with Gasteiger partial charge in [-0.1, -0.05) is 23.4 Å². The molecule has 1 atom stereocenters. The van der Waals surface area contributed by atoms with Crippen molar-refractivity contribution in [2.45, 2.75) is 19.0 Å². The van der Waals surface area contributed by atoms with Gasteiger partial charge in [0.05, 0.1) is 6.54 Å². The van der Waals surface area contributed by atoms with Crippen molar-refractivity contribution in [2.24, 2.45) is 0 Å². The van der Waals surface area contributed by atoms with Crippen LogP contribution in [-0.2, 0) is 17.8 Å². The van der Waals surface area contributed by atoms with E-state index in [1.807, 2.05) is 24.3 Å². The molecule has 0 fully saturated rings. The van der Waals surface area contributed by atoms with Crippen molar-refractivity contribution in [2.75, 3.05) is 4.90 Å². The average Bonchev–Trinajstić information content (AvgIpc) is 2.98. The van der Waals surface area contributed by atoms with E-state index in [0.29, 0.717) is 18.9 Å². The number of aliphatic carboxylic acids is 1. The number of hydrogen-bond acceptors (Lipinski definition) is 5. The number of carbonyl (C=O) groups is 1. The summed E-state index contributed by atoms with van der Waals surface area (Å²) >= 11 is 0. The minimum absolute atomic E-state index is 0.313. The highest BCUT2D eigenvalue weighted by Gasteiger charge is 2.34. The summed E-state index contributed by atoms with van der Waals surface area (Å²) in [5, 5.41) is 12.8. The number of aromatic nitrogens is 2. The molecule has 6 nitrogen and oxygen atoms in total. The molecule has 3 rings (SSSR count). The summed E-state index contributed by atoms with van der Waals surface area (Å²) in [6.07, 6.45) is 1.81. The number of rotatable bonds is 3. The van der Waals surface area contributed by atoms with E-state index in [-0.39, 0.29) is 0 Å². The Morgan fingerprint density at radius 3 is 3.06 bits per heavy atom. The number of anilines is 1. The fraction of sp³-hybridized carbons (Fsp3) is 0.250. The molecule has 1 aliphatic rings. The minimum atomic E-state index is -0.842. The number of carboxylic acid groups (broad SMARTS) is 1. The van der Waals surface area contributed by atoms with Gasteiger partial charge in [-0.25, -0.2) is 4.79 Å². The lowest BCUT2D eigenvalue weighted by Gasteiger charge is -2.22. The van der Waals surface area contributed by atoms with Crippen molar-refractivity contribution in [3.05, 3.63) is 42.0 Å². The predicted molar refractivity (Wildman–Crippen MR) is 62.1 cm³/mol. The highest BCUT2D eigenvalue weighted by atomic mass is 16.5. The van der Waals surface area contributed by atoms with Gasteiger partial charge in [0.15, 0.2) is 6.33 Å². The number of para-hydroxylation sites is 1. The Kier molecular flexibility index (Phi) is 2.47. The van der Waals surface area contributed by atoms with Crippen LogP contribution >= 0.6 is 0 Å². The van der Waals surface area contributed by atoms with Crippen LogP contribution in [0.15, 0.2) is 35.1 Å². The zero-order valence-electron chi connectivity index (χ0n) is 9.48. The summed E-state index contributed by atoms with van der Waals surface area (Å²) in [5.74, 6) is -0.427. The van der Waals surface area contributed by atoms with E-state index in [9.17, 15) is 9.90 Å². The quantitative estimate of drug-likeness (QED) is 0.871. The van der Waals surface area contributed by atoms with Crippen LogP contribution in [0.1, 0.15) is 11.5 Å². The Hall–Kier alpha value is -2.37. The smallest absolute Gasteiger partial charge is 0.326 e. The molecule has 2 heterocycles. The molecule has 0 amide bonds. The fourth-order valence-corrected chi connectivity index (χ4v) is 2.28. The van der Waals surface area contributed by atoms with Crippen molar-refractivity contribution in [1.29, 1.82) is 0 Å². The molecule has 1 aliphatic heterocycles. The van der Waals surface area contributed by atoms with E-state index in [1.165, 1.54) is 6.33 Å². The number of nitrogens with zero attached hydrogens (tertiary/aromatic N) is 3. The monoisotopic (exact) mass is 245 g/mol. The minimum Gasteiger partial charge on any atom is -0.480 e. The zero-order chi connectivity index (χ0) is 12.5. The molecule has 0 bridgehead atoms. The van der Waals surface area contributed by atoms with Crippen molar-refractivity contribution >= 4 is 11.7 Å². The van der Waals surface area contributed by atoms with E-state index < -0.39 is 12.0 Å². The molecule has 1 aromatic carbocycles. The molecule has 6 heteroatoms. The zero-order valence-corrected chi connectivity index (χ0v) is 9.48. The predicted octanol–water partition coefficient (Wildman–Crippen LogP) is 1.09. The molecule has 0 saturated carbocycles. The first-order valence-electron chi connectivity index (χ1n) is 5.58. The fourth-order valence-electron chi connectivity index (χ4n) is 2.28. The lowest BCUT2D eigenvalue weighted by Crippen LogP contribution is -2.38. The second kappa shape index (κ2) is 4.14. The van der Waals surface area contributed by atoms with Crippen molar-refractivity contribution in [1.82, 2.24) is 10.1 Å². The van der Waals surface area contributed by atoms with Gasteiger partial charge in [0.25, 0.3) is 0 Å². The largest absolute Gasteiger partial charge is 0.480 e. The van der Waals surface area contributed by atoms with Crippen molar-refractivity contribution in [3.63, 3.8) is 0 Å². The molecule has 0 aliphatic carbocycles. The van der Waals surface area contributed by atoms with E-state index in [4.69, 9.17) is 4.52 Å². The van der Waals surface area contributed by atoms with Gasteiger partial charge in [-0.05, 0) is 11.6 Å². The third-order valence-electron chi connectivity index (χ3n) is 3.09. The van der Waals surface area contributed by atoms with Crippen LogP contribution in [-0.4, -0.2) is 27.3 Å². The van der Waals surface area contributed by atoms with Crippen LogP contribution in [0.2, 0.25) is 0 Å². The average molecular weight is 245 g/mol. The van der Waals surface area contributed by atoms with Crippen LogP contribution in [0.5, 0.6) is 0 Å². The molecule has 1 N–H and O–H groups in total. The van der Waals surface area contributed by atoms with E-state index in [0.717, 1.165) is 11.3 Å². The first kappa shape index (κ1) is 10.8. The van der Waals surface area contributed by atoms with Gasteiger partial charge in [0.1, 0.15) is 6.04 Å². The maximum Gasteiger partial charge on any atom is 0.326 e. The third-order valence-corrected chi connectivity index (χ3v) is 3.09. The summed E-state index contributed by atoms with van der Waals surface area (Å²) in [6.45, 7) is 0.313. The Labute approximate surface area is 103 Å². The van der Waals surface area contributed by atoms with Crippen LogP contribution in [0.25, 0.3) is 0 Å². The molecule has 1 unspecified atom stereocenters. The number of benzene rings is 1. The van der Waals surface area contributed by atoms with E-state index >= 15 is 0 Å². The number of hydrogen-bond donors (Lipinski definition) is 1. The topological polar surface area (TPSA) is 79.5 Å². The van der Waals surface area contributed by atoms with Gasteiger partial charge in [-0.2, -0.15) is 4.98 Å². The normalized spacial score (nSPS) is 17.8. The molecule has 2 aromatic rings. The Bertz CT molecular complexity index is 568. The second-order valence-electron chi connectivity index (χ2n) is 4.15. The van der Waals surface area contributed by atoms with Crippen LogP contribution in [0, 0.1) is 0 Å². The Balaban J connectivity index is 1.95. The van der Waals surface area contributed by atoms with E-state index in [1.54, 1.807) is 4.90 Å². The van der Waals surface area contributed by atoms with Gasteiger partial charge in [0, 0.05) is 12.1 Å². The van der Waals surface area contributed by atoms with Gasteiger partial charge in [-0.3, -0.25) is 0 Å². The van der Waals surface area contributed by atoms with Crippen molar-refractivity contribution < 1.29 is 14.4 Å². The van der Waals surface area contributed by atoms with Crippen LogP contribution < -0.4 is 4.90 Å². The summed E-state index contributed by atoms with van der Waals surface area (Å²) in [4.78, 5) is 17.0. The summed E-state index contributed by atoms with van der Waals surface area (Å²) in [5.41, 5.74) is 1.95. The van der Waals surface area contributed by atoms with Gasteiger partial charge in [0.2, 0.25) is 5.89 Å². The number of fused-ring (bicyclic) bond motifs is 1. The van der Waals surface area contributed by atoms with Gasteiger partial charge in [-0.15, -0.1) is 0 Å². The molecule has 0 radical (unpaired) electrons. The molecule has 0 spiro atoms. The number of carboxylic acids is 1. The second-order valence-corrected chi connectivity index (χ2v) is 4.15. The van der Waals surface area contributed by atoms with Gasteiger partial charge < -0.3 is 14.5 Å². The molecule has 1 aromatic heterocycles. The molecular formula is C12H11N3O3. The summed E-state index contributed by atoms with van der Waals surface area (Å²) < 4.78 is 4.94. The first-order valence-corrected chi connectivity index (χ1v) is 5.58. The van der Waals surface area contributed by atoms with Crippen LogP contribution in [0.4, 0.5) is 5.69 Å². The van der Waals surface area contributed by atoms with Crippen LogP contribution in [0.3, 0.4) is 0 Å². The maximum atomic E-state index is 11.3. The Morgan fingerprint density at radius 1 is 1.50 bits per heavy atom. The molecular weight excluding hydrogens is 234 g/mol. The SMILES string of the molecule is O=C(O)C1Cc2ccccc2N1Cc1ncno1. The van der Waals surface area contributed by atoms with Crippen molar-refractivity contribution in [3.8, 4) is 0 Å². The molecule has 92 valence electrons. The highest BCUT2D eigenvalue weighted by Crippen LogP contribution is 2.33. The summed E-state index contributed by atoms with van der Waals surface area (Å²) in [6, 6.07) is 7.08. The van der Waals surface area contributed by atoms with Gasteiger partial charge >= 0.3 is 5.97 Å². The third kappa shape index (κ3) is 1.71. The maximum absolute atomic E-state index is 11.3. The first-order chi connectivity index (χ1) is 8.75. The lowest BCUT2D eigenvalue weighted by atomic mass is 10.1. The summed E-state index contributed by atoms with van der Waals surface area (Å²) in [7, 11) is 0. The molecule has 0 saturated heterocycles. The Morgan fingerprint density at radius 2 is 2.33 bits per heavy atom.